The lowest BCUT2D eigenvalue weighted by Crippen LogP contribution is -2.18. The molecule has 126 valence electrons. The molecule has 2 aromatic carbocycles. The van der Waals surface area contributed by atoms with E-state index in [-0.39, 0.29) is 17.2 Å². The lowest BCUT2D eigenvalue weighted by atomic mass is 9.97. The van der Waals surface area contributed by atoms with Gasteiger partial charge in [0.25, 0.3) is 0 Å². The van der Waals surface area contributed by atoms with Gasteiger partial charge in [-0.2, -0.15) is 0 Å². The number of carboxylic acids is 1. The fourth-order valence-electron chi connectivity index (χ4n) is 2.42. The molecule has 1 N–H and O–H groups in total. The zero-order valence-corrected chi connectivity index (χ0v) is 14.2. The van der Waals surface area contributed by atoms with Crippen LogP contribution in [0.15, 0.2) is 48.5 Å². The van der Waals surface area contributed by atoms with Gasteiger partial charge in [-0.25, -0.2) is 4.79 Å². The molecule has 0 bridgehead atoms. The number of hydrogen-bond donors (Lipinski definition) is 1. The zero-order chi connectivity index (χ0) is 17.7. The molecule has 0 radical (unpaired) electrons. The van der Waals surface area contributed by atoms with Crippen molar-refractivity contribution in [2.45, 2.75) is 39.0 Å². The molecule has 0 saturated carbocycles. The van der Waals surface area contributed by atoms with Crippen molar-refractivity contribution >= 4 is 11.9 Å². The number of carbonyl (C=O) groups excluding carboxylic acids is 1. The minimum Gasteiger partial charge on any atom is -0.478 e. The lowest BCUT2D eigenvalue weighted by molar-refractivity contribution is -0.135. The molecule has 0 aliphatic carbocycles. The van der Waals surface area contributed by atoms with Crippen molar-refractivity contribution in [3.63, 3.8) is 0 Å². The summed E-state index contributed by atoms with van der Waals surface area (Å²) in [6.45, 7) is 5.85. The van der Waals surface area contributed by atoms with Gasteiger partial charge in [0, 0.05) is 0 Å². The van der Waals surface area contributed by atoms with Gasteiger partial charge in [0.15, 0.2) is 0 Å². The lowest BCUT2D eigenvalue weighted by Gasteiger charge is -2.15. The van der Waals surface area contributed by atoms with Crippen molar-refractivity contribution in [3.8, 4) is 5.75 Å². The Balaban J connectivity index is 2.29. The van der Waals surface area contributed by atoms with Crippen LogP contribution in [0, 0.1) is 0 Å². The molecular weight excluding hydrogens is 304 g/mol. The summed E-state index contributed by atoms with van der Waals surface area (Å²) < 4.78 is 5.44. The number of ether oxygens (including phenoxy) is 1. The van der Waals surface area contributed by atoms with Gasteiger partial charge < -0.3 is 9.84 Å². The molecule has 2 aromatic rings. The minimum absolute atomic E-state index is 0.00401. The van der Waals surface area contributed by atoms with Gasteiger partial charge in [0.1, 0.15) is 11.3 Å². The molecular formula is C20H22O4. The van der Waals surface area contributed by atoms with Crippen LogP contribution in [0.2, 0.25) is 0 Å². The number of esters is 1. The highest BCUT2D eigenvalue weighted by Gasteiger charge is 2.21. The maximum absolute atomic E-state index is 12.4. The second-order valence-corrected chi connectivity index (χ2v) is 5.92. The van der Waals surface area contributed by atoms with Gasteiger partial charge >= 0.3 is 11.9 Å². The molecule has 0 amide bonds. The van der Waals surface area contributed by atoms with E-state index in [1.165, 1.54) is 6.07 Å². The monoisotopic (exact) mass is 326 g/mol. The van der Waals surface area contributed by atoms with Gasteiger partial charge in [-0.3, -0.25) is 4.79 Å². The van der Waals surface area contributed by atoms with Crippen LogP contribution in [-0.2, 0) is 4.79 Å². The quantitative estimate of drug-likeness (QED) is 0.622. The molecule has 0 aliphatic heterocycles. The predicted molar refractivity (Wildman–Crippen MR) is 92.6 cm³/mol. The Labute approximate surface area is 142 Å². The van der Waals surface area contributed by atoms with Crippen molar-refractivity contribution < 1.29 is 19.4 Å². The summed E-state index contributed by atoms with van der Waals surface area (Å²) in [6, 6.07) is 14.2. The van der Waals surface area contributed by atoms with Crippen LogP contribution in [-0.4, -0.2) is 17.0 Å². The van der Waals surface area contributed by atoms with Gasteiger partial charge in [-0.15, -0.1) is 0 Å². The van der Waals surface area contributed by atoms with Crippen molar-refractivity contribution in [1.29, 1.82) is 0 Å². The molecule has 2 atom stereocenters. The summed E-state index contributed by atoms with van der Waals surface area (Å²) >= 11 is 0. The van der Waals surface area contributed by atoms with Crippen LogP contribution in [0.5, 0.6) is 5.75 Å². The van der Waals surface area contributed by atoms with E-state index < -0.39 is 17.9 Å². The topological polar surface area (TPSA) is 63.6 Å². The molecule has 0 fully saturated rings. The average molecular weight is 326 g/mol. The Morgan fingerprint density at radius 1 is 1.04 bits per heavy atom. The van der Waals surface area contributed by atoms with Crippen LogP contribution in [0.3, 0.4) is 0 Å². The summed E-state index contributed by atoms with van der Waals surface area (Å²) in [6.07, 6.45) is 0.917. The minimum atomic E-state index is -1.11. The Morgan fingerprint density at radius 2 is 1.71 bits per heavy atom. The SMILES string of the molecule is CCC(C)c1ccc(C(=O)O)c(OC(=O)C(C)c2ccccc2)c1. The van der Waals surface area contributed by atoms with Crippen molar-refractivity contribution in [1.82, 2.24) is 0 Å². The molecule has 2 unspecified atom stereocenters. The Bertz CT molecular complexity index is 722. The van der Waals surface area contributed by atoms with Gasteiger partial charge in [-0.1, -0.05) is 50.2 Å². The second-order valence-electron chi connectivity index (χ2n) is 5.92. The normalized spacial score (nSPS) is 13.1. The van der Waals surface area contributed by atoms with Gasteiger partial charge in [0.05, 0.1) is 5.92 Å². The number of carboxylic acid groups (broad SMARTS) is 1. The summed E-state index contributed by atoms with van der Waals surface area (Å²) in [5.74, 6) is -1.68. The molecule has 0 saturated heterocycles. The first-order chi connectivity index (χ1) is 11.4. The first-order valence-corrected chi connectivity index (χ1v) is 8.07. The third-order valence-electron chi connectivity index (χ3n) is 4.28. The number of carbonyl (C=O) groups is 2. The summed E-state index contributed by atoms with van der Waals surface area (Å²) in [5.41, 5.74) is 1.78. The van der Waals surface area contributed by atoms with Crippen molar-refractivity contribution in [3.05, 3.63) is 65.2 Å². The number of aromatic carboxylic acids is 1. The second kappa shape index (κ2) is 7.77. The average Bonchev–Trinajstić information content (AvgIpc) is 2.60. The molecule has 24 heavy (non-hydrogen) atoms. The zero-order valence-electron chi connectivity index (χ0n) is 14.2. The van der Waals surface area contributed by atoms with Crippen LogP contribution in [0.4, 0.5) is 0 Å². The van der Waals surface area contributed by atoms with E-state index in [1.807, 2.05) is 37.3 Å². The van der Waals surface area contributed by atoms with E-state index in [0.717, 1.165) is 17.5 Å². The number of benzene rings is 2. The van der Waals surface area contributed by atoms with E-state index >= 15 is 0 Å². The Kier molecular flexibility index (Phi) is 5.74. The van der Waals surface area contributed by atoms with E-state index in [9.17, 15) is 14.7 Å². The highest BCUT2D eigenvalue weighted by Crippen LogP contribution is 2.28. The molecule has 0 spiro atoms. The largest absolute Gasteiger partial charge is 0.478 e. The van der Waals surface area contributed by atoms with Crippen molar-refractivity contribution in [2.24, 2.45) is 0 Å². The smallest absolute Gasteiger partial charge is 0.339 e. The number of hydrogen-bond acceptors (Lipinski definition) is 3. The highest BCUT2D eigenvalue weighted by atomic mass is 16.5. The molecule has 4 heteroatoms. The molecule has 4 nitrogen and oxygen atoms in total. The van der Waals surface area contributed by atoms with Crippen molar-refractivity contribution in [2.75, 3.05) is 0 Å². The molecule has 0 aromatic heterocycles. The third kappa shape index (κ3) is 4.02. The van der Waals surface area contributed by atoms with E-state index in [0.29, 0.717) is 0 Å². The first-order valence-electron chi connectivity index (χ1n) is 8.07. The van der Waals surface area contributed by atoms with Crippen LogP contribution < -0.4 is 4.74 Å². The molecule has 0 aliphatic rings. The van der Waals surface area contributed by atoms with Crippen LogP contribution in [0.1, 0.15) is 60.5 Å². The van der Waals surface area contributed by atoms with Gasteiger partial charge in [-0.05, 0) is 42.5 Å². The van der Waals surface area contributed by atoms with Crippen LogP contribution >= 0.6 is 0 Å². The third-order valence-corrected chi connectivity index (χ3v) is 4.28. The summed E-state index contributed by atoms with van der Waals surface area (Å²) in [5, 5.41) is 9.33. The number of rotatable bonds is 6. The van der Waals surface area contributed by atoms with Gasteiger partial charge in [0.2, 0.25) is 0 Å². The molecule has 0 heterocycles. The fourth-order valence-corrected chi connectivity index (χ4v) is 2.42. The summed E-state index contributed by atoms with van der Waals surface area (Å²) in [7, 11) is 0. The standard InChI is InChI=1S/C20H22O4/c1-4-13(2)16-10-11-17(19(21)22)18(12-16)24-20(23)14(3)15-8-6-5-7-9-15/h5-14H,4H2,1-3H3,(H,21,22). The molecule has 2 rings (SSSR count). The maximum atomic E-state index is 12.4. The van der Waals surface area contributed by atoms with E-state index in [4.69, 9.17) is 4.74 Å². The predicted octanol–water partition coefficient (Wildman–Crippen LogP) is 4.61. The van der Waals surface area contributed by atoms with Crippen LogP contribution in [0.25, 0.3) is 0 Å². The van der Waals surface area contributed by atoms with E-state index in [1.54, 1.807) is 19.1 Å². The Hall–Kier alpha value is -2.62. The van der Waals surface area contributed by atoms with E-state index in [2.05, 4.69) is 6.92 Å². The Morgan fingerprint density at radius 3 is 2.29 bits per heavy atom. The highest BCUT2D eigenvalue weighted by molar-refractivity contribution is 5.92. The fraction of sp³-hybridized carbons (Fsp3) is 0.300. The first kappa shape index (κ1) is 17.7. The summed E-state index contributed by atoms with van der Waals surface area (Å²) in [4.78, 5) is 23.8. The maximum Gasteiger partial charge on any atom is 0.339 e.